The van der Waals surface area contributed by atoms with Crippen molar-refractivity contribution in [3.63, 3.8) is 0 Å². The molecule has 0 aromatic carbocycles. The number of halogens is 1. The summed E-state index contributed by atoms with van der Waals surface area (Å²) in [4.78, 5) is 17.0. The molecule has 3 heterocycles. The molecular formula is C14H14FN3O2S2. The number of hydrogen-bond acceptors (Lipinski definition) is 4. The highest BCUT2D eigenvalue weighted by Gasteiger charge is 2.32. The van der Waals surface area contributed by atoms with Crippen LogP contribution in [0.15, 0.2) is 30.5 Å². The van der Waals surface area contributed by atoms with Crippen LogP contribution < -0.4 is 4.72 Å². The molecule has 5 nitrogen and oxygen atoms in total. The van der Waals surface area contributed by atoms with Crippen molar-refractivity contribution in [3.8, 4) is 10.6 Å². The SMILES string of the molecule is CN1C(C=O)CC(c2ccc(-c3ccc(F)cn3)s2)NS1=O. The number of pyridine rings is 1. The number of likely N-dealkylation sites (N-methyl/N-ethyl adjacent to an activating group) is 1. The van der Waals surface area contributed by atoms with Crippen LogP contribution in [0.2, 0.25) is 0 Å². The quantitative estimate of drug-likeness (QED) is 0.871. The Balaban J connectivity index is 1.83. The van der Waals surface area contributed by atoms with E-state index in [-0.39, 0.29) is 17.9 Å². The lowest BCUT2D eigenvalue weighted by Crippen LogP contribution is -2.48. The highest BCUT2D eigenvalue weighted by Crippen LogP contribution is 2.34. The van der Waals surface area contributed by atoms with Crippen LogP contribution in [0.3, 0.4) is 0 Å². The molecule has 2 aromatic rings. The third-order valence-corrected chi connectivity index (χ3v) is 6.06. The lowest BCUT2D eigenvalue weighted by Gasteiger charge is -2.32. The summed E-state index contributed by atoms with van der Waals surface area (Å²) in [5.74, 6) is -0.373. The normalized spacial score (nSPS) is 26.0. The predicted molar refractivity (Wildman–Crippen MR) is 83.8 cm³/mol. The van der Waals surface area contributed by atoms with E-state index in [2.05, 4.69) is 9.71 Å². The fourth-order valence-corrected chi connectivity index (χ4v) is 4.42. The van der Waals surface area contributed by atoms with E-state index in [1.807, 2.05) is 12.1 Å². The van der Waals surface area contributed by atoms with E-state index in [0.29, 0.717) is 12.1 Å². The van der Waals surface area contributed by atoms with E-state index in [1.165, 1.54) is 27.9 Å². The molecule has 3 rings (SSSR count). The lowest BCUT2D eigenvalue weighted by molar-refractivity contribution is -0.111. The molecule has 1 fully saturated rings. The predicted octanol–water partition coefficient (Wildman–Crippen LogP) is 2.06. The topological polar surface area (TPSA) is 62.3 Å². The Labute approximate surface area is 133 Å². The number of carbonyl (C=O) groups excluding carboxylic acids is 1. The first-order chi connectivity index (χ1) is 10.6. The van der Waals surface area contributed by atoms with E-state index in [4.69, 9.17) is 0 Å². The maximum absolute atomic E-state index is 12.9. The van der Waals surface area contributed by atoms with E-state index >= 15 is 0 Å². The molecule has 0 aliphatic carbocycles. The van der Waals surface area contributed by atoms with Gasteiger partial charge in [0.2, 0.25) is 0 Å². The van der Waals surface area contributed by atoms with Gasteiger partial charge in [0.1, 0.15) is 12.1 Å². The summed E-state index contributed by atoms with van der Waals surface area (Å²) < 4.78 is 29.4. The zero-order valence-electron chi connectivity index (χ0n) is 11.7. The Morgan fingerprint density at radius 1 is 1.45 bits per heavy atom. The van der Waals surface area contributed by atoms with Crippen molar-refractivity contribution >= 4 is 28.8 Å². The van der Waals surface area contributed by atoms with Gasteiger partial charge >= 0.3 is 0 Å². The zero-order chi connectivity index (χ0) is 15.7. The molecule has 1 saturated heterocycles. The molecule has 3 unspecified atom stereocenters. The molecule has 8 heteroatoms. The second-order valence-corrected chi connectivity index (χ2v) is 7.39. The number of hydrogen-bond donors (Lipinski definition) is 1. The van der Waals surface area contributed by atoms with Gasteiger partial charge in [-0.1, -0.05) is 0 Å². The van der Waals surface area contributed by atoms with E-state index in [1.54, 1.807) is 13.1 Å². The Morgan fingerprint density at radius 2 is 2.27 bits per heavy atom. The maximum atomic E-state index is 12.9. The summed E-state index contributed by atoms with van der Waals surface area (Å²) in [6.07, 6.45) is 2.56. The number of aldehydes is 1. The summed E-state index contributed by atoms with van der Waals surface area (Å²) in [6.45, 7) is 0. The molecule has 0 spiro atoms. The molecule has 22 heavy (non-hydrogen) atoms. The van der Waals surface area contributed by atoms with E-state index < -0.39 is 11.2 Å². The summed E-state index contributed by atoms with van der Waals surface area (Å²) in [5.41, 5.74) is 0.693. The Hall–Kier alpha value is -1.48. The first kappa shape index (κ1) is 15.4. The average molecular weight is 339 g/mol. The van der Waals surface area contributed by atoms with Gasteiger partial charge in [-0.3, -0.25) is 4.98 Å². The standard InChI is InChI=1S/C14H14FN3O2S2/c1-18-10(8-19)6-12(17-22(18)20)14-5-4-13(21-14)11-3-2-9(15)7-16-11/h2-5,7-8,10,12,17H,6H2,1H3. The third-order valence-electron chi connectivity index (χ3n) is 3.56. The molecular weight excluding hydrogens is 325 g/mol. The molecule has 0 amide bonds. The van der Waals surface area contributed by atoms with Gasteiger partial charge < -0.3 is 4.79 Å². The third kappa shape index (κ3) is 3.00. The smallest absolute Gasteiger partial charge is 0.170 e. The second kappa shape index (κ2) is 6.33. The van der Waals surface area contributed by atoms with Crippen molar-refractivity contribution in [2.75, 3.05) is 7.05 Å². The van der Waals surface area contributed by atoms with Crippen molar-refractivity contribution in [2.45, 2.75) is 18.5 Å². The Morgan fingerprint density at radius 3 is 2.95 bits per heavy atom. The summed E-state index contributed by atoms with van der Waals surface area (Å²) in [5, 5.41) is 0. The van der Waals surface area contributed by atoms with Crippen LogP contribution in [-0.2, 0) is 16.0 Å². The molecule has 0 radical (unpaired) electrons. The summed E-state index contributed by atoms with van der Waals surface area (Å²) in [7, 11) is 1.65. The van der Waals surface area contributed by atoms with Gasteiger partial charge in [0.25, 0.3) is 0 Å². The molecule has 2 aromatic heterocycles. The van der Waals surface area contributed by atoms with Crippen molar-refractivity contribution in [1.29, 1.82) is 0 Å². The molecule has 1 N–H and O–H groups in total. The molecule has 1 aliphatic rings. The van der Waals surface area contributed by atoms with Crippen LogP contribution in [-0.4, -0.2) is 32.9 Å². The van der Waals surface area contributed by atoms with Gasteiger partial charge in [-0.05, 0) is 30.7 Å². The minimum absolute atomic E-state index is 0.147. The highest BCUT2D eigenvalue weighted by atomic mass is 32.2. The van der Waals surface area contributed by atoms with Crippen molar-refractivity contribution in [2.24, 2.45) is 0 Å². The number of nitrogens with zero attached hydrogens (tertiary/aromatic N) is 2. The minimum Gasteiger partial charge on any atom is -0.302 e. The molecule has 0 saturated carbocycles. The van der Waals surface area contributed by atoms with Gasteiger partial charge in [-0.15, -0.1) is 11.3 Å². The van der Waals surface area contributed by atoms with Crippen molar-refractivity contribution in [1.82, 2.24) is 14.0 Å². The minimum atomic E-state index is -1.39. The molecule has 3 atom stereocenters. The van der Waals surface area contributed by atoms with Crippen LogP contribution in [0.4, 0.5) is 4.39 Å². The molecule has 0 bridgehead atoms. The fourth-order valence-electron chi connectivity index (χ4n) is 2.28. The number of nitrogens with one attached hydrogen (secondary N) is 1. The van der Waals surface area contributed by atoms with Crippen LogP contribution in [0.1, 0.15) is 17.3 Å². The van der Waals surface area contributed by atoms with Crippen LogP contribution in [0.5, 0.6) is 0 Å². The van der Waals surface area contributed by atoms with Crippen LogP contribution >= 0.6 is 11.3 Å². The van der Waals surface area contributed by atoms with Gasteiger partial charge in [0.15, 0.2) is 11.2 Å². The van der Waals surface area contributed by atoms with E-state index in [9.17, 15) is 13.4 Å². The highest BCUT2D eigenvalue weighted by molar-refractivity contribution is 7.80. The van der Waals surface area contributed by atoms with Crippen molar-refractivity contribution in [3.05, 3.63) is 41.2 Å². The van der Waals surface area contributed by atoms with Crippen molar-refractivity contribution < 1.29 is 13.4 Å². The maximum Gasteiger partial charge on any atom is 0.170 e. The van der Waals surface area contributed by atoms with Gasteiger partial charge in [0.05, 0.1) is 28.9 Å². The second-order valence-electron chi connectivity index (χ2n) is 4.97. The average Bonchev–Trinajstić information content (AvgIpc) is 3.00. The summed E-state index contributed by atoms with van der Waals surface area (Å²) in [6, 6.07) is 6.30. The number of thiophene rings is 1. The first-order valence-electron chi connectivity index (χ1n) is 6.66. The molecule has 116 valence electrons. The first-order valence-corrected chi connectivity index (χ1v) is 8.58. The van der Waals surface area contributed by atoms with Crippen LogP contribution in [0.25, 0.3) is 10.6 Å². The lowest BCUT2D eigenvalue weighted by atomic mass is 10.1. The monoisotopic (exact) mass is 339 g/mol. The van der Waals surface area contributed by atoms with Gasteiger partial charge in [0, 0.05) is 11.9 Å². The van der Waals surface area contributed by atoms with Gasteiger partial charge in [-0.25, -0.2) is 17.6 Å². The zero-order valence-corrected chi connectivity index (χ0v) is 13.4. The van der Waals surface area contributed by atoms with Crippen LogP contribution in [0, 0.1) is 5.82 Å². The number of rotatable bonds is 3. The Bertz CT molecular complexity index is 704. The number of aromatic nitrogens is 1. The summed E-state index contributed by atoms with van der Waals surface area (Å²) >= 11 is 0.108. The van der Waals surface area contributed by atoms with Gasteiger partial charge in [-0.2, -0.15) is 0 Å². The fraction of sp³-hybridized carbons (Fsp3) is 0.286. The number of carbonyl (C=O) groups is 1. The largest absolute Gasteiger partial charge is 0.302 e. The Kier molecular flexibility index (Phi) is 4.44. The molecule has 1 aliphatic heterocycles. The van der Waals surface area contributed by atoms with E-state index in [0.717, 1.165) is 16.0 Å².